The molecule has 4 heteroatoms. The molecule has 2 rings (SSSR count). The summed E-state index contributed by atoms with van der Waals surface area (Å²) in [6.07, 6.45) is 4.37. The molecule has 3 nitrogen and oxygen atoms in total. The number of hydrogen-bond donors (Lipinski definition) is 2. The number of benzene rings is 1. The molecule has 0 aromatic heterocycles. The van der Waals surface area contributed by atoms with E-state index in [1.807, 2.05) is 0 Å². The minimum Gasteiger partial charge on any atom is -0.398 e. The van der Waals surface area contributed by atoms with Gasteiger partial charge < -0.3 is 11.1 Å². The number of amides is 1. The van der Waals surface area contributed by atoms with E-state index in [1.165, 1.54) is 24.6 Å². The lowest BCUT2D eigenvalue weighted by molar-refractivity contribution is 0.0854. The van der Waals surface area contributed by atoms with Gasteiger partial charge in [-0.1, -0.05) is 26.7 Å². The van der Waals surface area contributed by atoms with Crippen LogP contribution in [-0.2, 0) is 0 Å². The molecule has 0 heterocycles. The lowest BCUT2D eigenvalue weighted by Gasteiger charge is -2.39. The fourth-order valence-electron chi connectivity index (χ4n) is 2.72. The molecule has 1 atom stereocenters. The zero-order chi connectivity index (χ0) is 14.0. The number of hydrogen-bond acceptors (Lipinski definition) is 2. The Morgan fingerprint density at radius 3 is 2.84 bits per heavy atom. The maximum absolute atomic E-state index is 13.2. The average Bonchev–Trinajstić information content (AvgIpc) is 2.34. The molecule has 0 spiro atoms. The number of carbonyl (C=O) groups excluding carboxylic acids is 1. The standard InChI is InChI=1S/C15H21FN2O/c1-15(2)8-4-3-5-13(15)18-14(19)11-9-10(16)6-7-12(11)17/h6-7,9,13H,3-5,8,17H2,1-2H3,(H,18,19). The molecule has 1 aromatic carbocycles. The van der Waals surface area contributed by atoms with Crippen molar-refractivity contribution in [2.24, 2.45) is 5.41 Å². The molecular weight excluding hydrogens is 243 g/mol. The van der Waals surface area contributed by atoms with Crippen molar-refractivity contribution in [3.8, 4) is 0 Å². The molecule has 19 heavy (non-hydrogen) atoms. The second kappa shape index (κ2) is 5.19. The van der Waals surface area contributed by atoms with Crippen LogP contribution in [0.1, 0.15) is 49.9 Å². The summed E-state index contributed by atoms with van der Waals surface area (Å²) in [4.78, 5) is 12.2. The fourth-order valence-corrected chi connectivity index (χ4v) is 2.72. The molecule has 3 N–H and O–H groups in total. The Labute approximate surface area is 113 Å². The Bertz CT molecular complexity index is 485. The second-order valence-electron chi connectivity index (χ2n) is 5.99. The van der Waals surface area contributed by atoms with Crippen LogP contribution < -0.4 is 11.1 Å². The summed E-state index contributed by atoms with van der Waals surface area (Å²) in [5.41, 5.74) is 6.35. The quantitative estimate of drug-likeness (QED) is 0.806. The highest BCUT2D eigenvalue weighted by Crippen LogP contribution is 2.35. The number of nitrogens with two attached hydrogens (primary N) is 1. The van der Waals surface area contributed by atoms with Gasteiger partial charge in [0.25, 0.3) is 5.91 Å². The third kappa shape index (κ3) is 3.06. The van der Waals surface area contributed by atoms with E-state index in [9.17, 15) is 9.18 Å². The molecule has 0 radical (unpaired) electrons. The molecule has 1 amide bonds. The van der Waals surface area contributed by atoms with Gasteiger partial charge in [0.1, 0.15) is 5.82 Å². The zero-order valence-corrected chi connectivity index (χ0v) is 11.5. The van der Waals surface area contributed by atoms with Gasteiger partial charge in [0.15, 0.2) is 0 Å². The molecule has 0 aliphatic heterocycles. The maximum Gasteiger partial charge on any atom is 0.253 e. The van der Waals surface area contributed by atoms with Crippen molar-refractivity contribution in [2.75, 3.05) is 5.73 Å². The maximum atomic E-state index is 13.2. The largest absolute Gasteiger partial charge is 0.398 e. The Hall–Kier alpha value is -1.58. The predicted octanol–water partition coefficient (Wildman–Crippen LogP) is 3.11. The Kier molecular flexibility index (Phi) is 3.78. The molecule has 0 bridgehead atoms. The minimum absolute atomic E-state index is 0.0794. The fraction of sp³-hybridized carbons (Fsp3) is 0.533. The van der Waals surface area contributed by atoms with Gasteiger partial charge in [-0.2, -0.15) is 0 Å². The van der Waals surface area contributed by atoms with Gasteiger partial charge in [0, 0.05) is 11.7 Å². The number of carbonyl (C=O) groups is 1. The van der Waals surface area contributed by atoms with Crippen molar-refractivity contribution in [3.63, 3.8) is 0 Å². The number of halogens is 1. The Balaban J connectivity index is 2.14. The highest BCUT2D eigenvalue weighted by molar-refractivity contribution is 5.99. The first-order chi connectivity index (χ1) is 8.90. The van der Waals surface area contributed by atoms with E-state index < -0.39 is 5.82 Å². The molecule has 1 aliphatic carbocycles. The lowest BCUT2D eigenvalue weighted by Crippen LogP contribution is -2.46. The van der Waals surface area contributed by atoms with E-state index in [2.05, 4.69) is 19.2 Å². The summed E-state index contributed by atoms with van der Waals surface area (Å²) < 4.78 is 13.2. The summed E-state index contributed by atoms with van der Waals surface area (Å²) in [6, 6.07) is 4.00. The van der Waals surface area contributed by atoms with Crippen LogP contribution in [-0.4, -0.2) is 11.9 Å². The highest BCUT2D eigenvalue weighted by Gasteiger charge is 2.33. The van der Waals surface area contributed by atoms with Gasteiger partial charge in [-0.15, -0.1) is 0 Å². The first-order valence-corrected chi connectivity index (χ1v) is 6.76. The van der Waals surface area contributed by atoms with Crippen molar-refractivity contribution in [1.29, 1.82) is 0 Å². The molecule has 1 unspecified atom stereocenters. The van der Waals surface area contributed by atoms with Crippen LogP contribution in [0.3, 0.4) is 0 Å². The van der Waals surface area contributed by atoms with Crippen LogP contribution in [0.5, 0.6) is 0 Å². The topological polar surface area (TPSA) is 55.1 Å². The monoisotopic (exact) mass is 264 g/mol. The first-order valence-electron chi connectivity index (χ1n) is 6.76. The number of nitrogen functional groups attached to an aromatic ring is 1. The lowest BCUT2D eigenvalue weighted by atomic mass is 9.73. The molecule has 1 fully saturated rings. The van der Waals surface area contributed by atoms with E-state index in [0.29, 0.717) is 5.69 Å². The third-order valence-corrected chi connectivity index (χ3v) is 4.07. The Morgan fingerprint density at radius 2 is 2.16 bits per heavy atom. The highest BCUT2D eigenvalue weighted by atomic mass is 19.1. The Morgan fingerprint density at radius 1 is 1.42 bits per heavy atom. The molecular formula is C15H21FN2O. The van der Waals surface area contributed by atoms with E-state index in [1.54, 1.807) is 0 Å². The molecule has 1 saturated carbocycles. The first kappa shape index (κ1) is 13.8. The summed E-state index contributed by atoms with van der Waals surface area (Å²) >= 11 is 0. The number of rotatable bonds is 2. The summed E-state index contributed by atoms with van der Waals surface area (Å²) in [6.45, 7) is 4.32. The van der Waals surface area contributed by atoms with Crippen molar-refractivity contribution >= 4 is 11.6 Å². The van der Waals surface area contributed by atoms with Gasteiger partial charge in [-0.05, 0) is 36.5 Å². The van der Waals surface area contributed by atoms with E-state index in [4.69, 9.17) is 5.73 Å². The normalized spacial score (nSPS) is 21.9. The predicted molar refractivity (Wildman–Crippen MR) is 74.3 cm³/mol. The molecule has 0 saturated heterocycles. The van der Waals surface area contributed by atoms with Crippen LogP contribution in [0.4, 0.5) is 10.1 Å². The molecule has 104 valence electrons. The van der Waals surface area contributed by atoms with Crippen LogP contribution in [0.2, 0.25) is 0 Å². The van der Waals surface area contributed by atoms with Gasteiger partial charge in [0.05, 0.1) is 5.56 Å². The van der Waals surface area contributed by atoms with E-state index >= 15 is 0 Å². The van der Waals surface area contributed by atoms with E-state index in [0.717, 1.165) is 19.3 Å². The third-order valence-electron chi connectivity index (χ3n) is 4.07. The van der Waals surface area contributed by atoms with Crippen molar-refractivity contribution in [1.82, 2.24) is 5.32 Å². The average molecular weight is 264 g/mol. The van der Waals surface area contributed by atoms with Gasteiger partial charge in [-0.3, -0.25) is 4.79 Å². The SMILES string of the molecule is CC1(C)CCCCC1NC(=O)c1cc(F)ccc1N. The summed E-state index contributed by atoms with van der Waals surface area (Å²) in [7, 11) is 0. The molecule has 1 aromatic rings. The second-order valence-corrected chi connectivity index (χ2v) is 5.99. The minimum atomic E-state index is -0.442. The van der Waals surface area contributed by atoms with Crippen molar-refractivity contribution in [2.45, 2.75) is 45.6 Å². The van der Waals surface area contributed by atoms with Crippen LogP contribution in [0, 0.1) is 11.2 Å². The molecule has 1 aliphatic rings. The van der Waals surface area contributed by atoms with Crippen LogP contribution in [0.15, 0.2) is 18.2 Å². The van der Waals surface area contributed by atoms with Crippen LogP contribution >= 0.6 is 0 Å². The van der Waals surface area contributed by atoms with Gasteiger partial charge in [0.2, 0.25) is 0 Å². The van der Waals surface area contributed by atoms with E-state index in [-0.39, 0.29) is 22.9 Å². The zero-order valence-electron chi connectivity index (χ0n) is 11.5. The van der Waals surface area contributed by atoms with Crippen molar-refractivity contribution < 1.29 is 9.18 Å². The van der Waals surface area contributed by atoms with Gasteiger partial charge >= 0.3 is 0 Å². The number of nitrogens with one attached hydrogen (secondary N) is 1. The smallest absolute Gasteiger partial charge is 0.253 e. The number of anilines is 1. The van der Waals surface area contributed by atoms with Crippen molar-refractivity contribution in [3.05, 3.63) is 29.6 Å². The summed E-state index contributed by atoms with van der Waals surface area (Å²) in [5, 5.41) is 3.01. The summed E-state index contributed by atoms with van der Waals surface area (Å²) in [5.74, 6) is -0.723. The van der Waals surface area contributed by atoms with Gasteiger partial charge in [-0.25, -0.2) is 4.39 Å². The van der Waals surface area contributed by atoms with Crippen LogP contribution in [0.25, 0.3) is 0 Å².